The first kappa shape index (κ1) is 13.7. The van der Waals surface area contributed by atoms with Gasteiger partial charge in [-0.25, -0.2) is 4.79 Å². The maximum atomic E-state index is 11.5. The summed E-state index contributed by atoms with van der Waals surface area (Å²) >= 11 is 0. The number of carbonyl (C=O) groups is 1. The maximum absolute atomic E-state index is 11.5. The van der Waals surface area contributed by atoms with Crippen molar-refractivity contribution in [3.8, 4) is 0 Å². The monoisotopic (exact) mass is 254 g/mol. The molecule has 0 aliphatic heterocycles. The molecule has 2 aliphatic carbocycles. The normalized spacial score (nSPS) is 28.1. The lowest BCUT2D eigenvalue weighted by molar-refractivity contribution is 0.0832. The number of hydrogen-bond donors (Lipinski definition) is 1. The average molecular weight is 254 g/mol. The van der Waals surface area contributed by atoms with E-state index in [1.54, 1.807) is 0 Å². The van der Waals surface area contributed by atoms with Gasteiger partial charge in [-0.15, -0.1) is 0 Å². The number of hydrogen-bond acceptors (Lipinski definition) is 2. The van der Waals surface area contributed by atoms with Crippen LogP contribution in [0, 0.1) is 11.8 Å². The van der Waals surface area contributed by atoms with Gasteiger partial charge in [0.2, 0.25) is 0 Å². The van der Waals surface area contributed by atoms with Gasteiger partial charge in [0.1, 0.15) is 0 Å². The zero-order valence-electron chi connectivity index (χ0n) is 11.4. The third kappa shape index (κ3) is 4.16. The van der Waals surface area contributed by atoms with E-state index in [0.29, 0.717) is 19.2 Å². The Hall–Kier alpha value is -0.770. The van der Waals surface area contributed by atoms with Crippen molar-refractivity contribution in [2.45, 2.75) is 51.5 Å². The van der Waals surface area contributed by atoms with E-state index in [1.165, 1.54) is 25.7 Å². The Kier molecular flexibility index (Phi) is 4.87. The van der Waals surface area contributed by atoms with Gasteiger partial charge in [0.25, 0.3) is 0 Å². The predicted molar refractivity (Wildman–Crippen MR) is 71.3 cm³/mol. The number of urea groups is 1. The Labute approximate surface area is 110 Å². The van der Waals surface area contributed by atoms with Crippen LogP contribution in [-0.2, 0) is 4.74 Å². The Morgan fingerprint density at radius 1 is 1.22 bits per heavy atom. The molecule has 0 unspecified atom stereocenters. The highest BCUT2D eigenvalue weighted by Crippen LogP contribution is 2.29. The predicted octanol–water partition coefficient (Wildman–Crippen LogP) is 2.37. The number of carbonyl (C=O) groups excluding carboxylic acids is 1. The van der Waals surface area contributed by atoms with Crippen LogP contribution in [0.5, 0.6) is 0 Å². The van der Waals surface area contributed by atoms with Crippen molar-refractivity contribution in [1.29, 1.82) is 0 Å². The van der Waals surface area contributed by atoms with Crippen LogP contribution in [0.15, 0.2) is 0 Å². The van der Waals surface area contributed by atoms with Gasteiger partial charge in [0.15, 0.2) is 0 Å². The molecule has 0 aromatic heterocycles. The van der Waals surface area contributed by atoms with Crippen LogP contribution < -0.4 is 5.73 Å². The summed E-state index contributed by atoms with van der Waals surface area (Å²) in [7, 11) is 0. The lowest BCUT2D eigenvalue weighted by Gasteiger charge is -2.35. The number of nitrogens with two attached hydrogens (primary N) is 1. The molecule has 0 heterocycles. The molecule has 0 aromatic rings. The Morgan fingerprint density at radius 3 is 2.44 bits per heavy atom. The molecule has 4 nitrogen and oxygen atoms in total. The van der Waals surface area contributed by atoms with E-state index >= 15 is 0 Å². The van der Waals surface area contributed by atoms with E-state index in [1.807, 2.05) is 4.90 Å². The van der Waals surface area contributed by atoms with Crippen molar-refractivity contribution < 1.29 is 9.53 Å². The van der Waals surface area contributed by atoms with E-state index in [-0.39, 0.29) is 6.03 Å². The SMILES string of the molecule is C[C@H]1CC[C@H](N(CCOCC2CC2)C(N)=O)CC1. The molecule has 0 aromatic carbocycles. The molecule has 4 heteroatoms. The maximum Gasteiger partial charge on any atom is 0.315 e. The fraction of sp³-hybridized carbons (Fsp3) is 0.929. The summed E-state index contributed by atoms with van der Waals surface area (Å²) in [5.74, 6) is 1.57. The molecule has 0 saturated heterocycles. The number of nitrogens with zero attached hydrogens (tertiary/aromatic N) is 1. The average Bonchev–Trinajstić information content (AvgIpc) is 3.14. The summed E-state index contributed by atoms with van der Waals surface area (Å²) in [6.45, 7) is 4.42. The molecule has 2 amide bonds. The van der Waals surface area contributed by atoms with Gasteiger partial charge in [-0.3, -0.25) is 0 Å². The fourth-order valence-electron chi connectivity index (χ4n) is 2.72. The van der Waals surface area contributed by atoms with Crippen LogP contribution in [0.2, 0.25) is 0 Å². The largest absolute Gasteiger partial charge is 0.379 e. The van der Waals surface area contributed by atoms with Crippen LogP contribution in [0.4, 0.5) is 4.79 Å². The van der Waals surface area contributed by atoms with Crippen LogP contribution in [0.25, 0.3) is 0 Å². The molecule has 2 aliphatic rings. The molecule has 0 atom stereocenters. The smallest absolute Gasteiger partial charge is 0.315 e. The first-order chi connectivity index (χ1) is 8.66. The standard InChI is InChI=1S/C14H26N2O2/c1-11-2-6-13(7-3-11)16(14(15)17)8-9-18-10-12-4-5-12/h11-13H,2-10H2,1H3,(H2,15,17)/t11-,13-. The lowest BCUT2D eigenvalue weighted by atomic mass is 9.86. The summed E-state index contributed by atoms with van der Waals surface area (Å²) in [5, 5.41) is 0. The van der Waals surface area contributed by atoms with E-state index in [9.17, 15) is 4.79 Å². The minimum atomic E-state index is -0.287. The van der Waals surface area contributed by atoms with E-state index in [4.69, 9.17) is 10.5 Å². The van der Waals surface area contributed by atoms with Crippen molar-refractivity contribution >= 4 is 6.03 Å². The quantitative estimate of drug-likeness (QED) is 0.740. The summed E-state index contributed by atoms with van der Waals surface area (Å²) in [6.07, 6.45) is 7.20. The van der Waals surface area contributed by atoms with Gasteiger partial charge in [-0.1, -0.05) is 6.92 Å². The van der Waals surface area contributed by atoms with E-state index in [2.05, 4.69) is 6.92 Å². The number of ether oxygens (including phenoxy) is 1. The summed E-state index contributed by atoms with van der Waals surface area (Å²) < 4.78 is 5.60. The lowest BCUT2D eigenvalue weighted by Crippen LogP contribution is -2.46. The second kappa shape index (κ2) is 6.41. The topological polar surface area (TPSA) is 55.6 Å². The fourth-order valence-corrected chi connectivity index (χ4v) is 2.72. The molecule has 2 N–H and O–H groups in total. The highest BCUT2D eigenvalue weighted by molar-refractivity contribution is 5.72. The van der Waals surface area contributed by atoms with Gasteiger partial charge < -0.3 is 15.4 Å². The first-order valence-corrected chi connectivity index (χ1v) is 7.30. The summed E-state index contributed by atoms with van der Waals surface area (Å²) in [5.41, 5.74) is 5.49. The molecule has 2 rings (SSSR count). The minimum Gasteiger partial charge on any atom is -0.379 e. The molecule has 0 radical (unpaired) electrons. The zero-order valence-corrected chi connectivity index (χ0v) is 11.4. The summed E-state index contributed by atoms with van der Waals surface area (Å²) in [6, 6.07) is 0.0489. The van der Waals surface area contributed by atoms with Crippen molar-refractivity contribution in [2.75, 3.05) is 19.8 Å². The van der Waals surface area contributed by atoms with Gasteiger partial charge in [0, 0.05) is 19.2 Å². The second-order valence-electron chi connectivity index (χ2n) is 5.96. The van der Waals surface area contributed by atoms with Gasteiger partial charge in [-0.2, -0.15) is 0 Å². The zero-order chi connectivity index (χ0) is 13.0. The van der Waals surface area contributed by atoms with Gasteiger partial charge in [-0.05, 0) is 50.4 Å². The van der Waals surface area contributed by atoms with Crippen molar-refractivity contribution in [3.05, 3.63) is 0 Å². The van der Waals surface area contributed by atoms with Crippen LogP contribution in [-0.4, -0.2) is 36.7 Å². The molecular formula is C14H26N2O2. The number of primary amides is 1. The Morgan fingerprint density at radius 2 is 1.89 bits per heavy atom. The summed E-state index contributed by atoms with van der Waals surface area (Å²) in [4.78, 5) is 13.3. The van der Waals surface area contributed by atoms with Crippen LogP contribution in [0.3, 0.4) is 0 Å². The van der Waals surface area contributed by atoms with Gasteiger partial charge in [0.05, 0.1) is 6.61 Å². The Bertz CT molecular complexity index is 271. The molecule has 18 heavy (non-hydrogen) atoms. The molecule has 0 spiro atoms. The molecular weight excluding hydrogens is 228 g/mol. The third-order valence-corrected chi connectivity index (χ3v) is 4.24. The van der Waals surface area contributed by atoms with Crippen LogP contribution in [0.1, 0.15) is 45.4 Å². The van der Waals surface area contributed by atoms with Crippen molar-refractivity contribution in [2.24, 2.45) is 17.6 Å². The van der Waals surface area contributed by atoms with Crippen molar-refractivity contribution in [1.82, 2.24) is 4.90 Å². The number of amides is 2. The van der Waals surface area contributed by atoms with Crippen molar-refractivity contribution in [3.63, 3.8) is 0 Å². The number of rotatable bonds is 6. The minimum absolute atomic E-state index is 0.287. The Balaban J connectivity index is 1.70. The van der Waals surface area contributed by atoms with E-state index in [0.717, 1.165) is 31.3 Å². The third-order valence-electron chi connectivity index (χ3n) is 4.24. The van der Waals surface area contributed by atoms with E-state index < -0.39 is 0 Å². The molecule has 2 saturated carbocycles. The molecule has 2 fully saturated rings. The van der Waals surface area contributed by atoms with Crippen LogP contribution >= 0.6 is 0 Å². The second-order valence-corrected chi connectivity index (χ2v) is 5.96. The molecule has 0 bridgehead atoms. The molecule has 104 valence electrons. The first-order valence-electron chi connectivity index (χ1n) is 7.30. The highest BCUT2D eigenvalue weighted by atomic mass is 16.5. The van der Waals surface area contributed by atoms with Gasteiger partial charge >= 0.3 is 6.03 Å². The highest BCUT2D eigenvalue weighted by Gasteiger charge is 2.26.